The second kappa shape index (κ2) is 7.28. The molecule has 29 heavy (non-hydrogen) atoms. The SMILES string of the molecule is CCOc1ccc(C2=NN3[C@H](C2)c2ccccc2O[C@H]3c2ccc(C)cc2)cc1. The molecule has 0 N–H and O–H groups in total. The van der Waals surface area contributed by atoms with E-state index < -0.39 is 0 Å². The fraction of sp³-hybridized carbons (Fsp3) is 0.240. The van der Waals surface area contributed by atoms with E-state index in [1.165, 1.54) is 11.1 Å². The van der Waals surface area contributed by atoms with Crippen molar-refractivity contribution in [3.8, 4) is 11.5 Å². The Bertz CT molecular complexity index is 1040. The number of hydrazone groups is 1. The number of aryl methyl sites for hydroxylation is 1. The highest BCUT2D eigenvalue weighted by Crippen LogP contribution is 2.47. The van der Waals surface area contributed by atoms with Gasteiger partial charge in [-0.3, -0.25) is 0 Å². The van der Waals surface area contributed by atoms with Gasteiger partial charge in [0.25, 0.3) is 0 Å². The zero-order valence-corrected chi connectivity index (χ0v) is 16.7. The van der Waals surface area contributed by atoms with Crippen LogP contribution in [0.4, 0.5) is 0 Å². The molecule has 2 aliphatic rings. The first-order chi connectivity index (χ1) is 14.2. The molecule has 4 heteroatoms. The third-order valence-electron chi connectivity index (χ3n) is 5.56. The van der Waals surface area contributed by atoms with Crippen LogP contribution in [0.25, 0.3) is 0 Å². The third-order valence-corrected chi connectivity index (χ3v) is 5.56. The normalized spacial score (nSPS) is 19.8. The van der Waals surface area contributed by atoms with E-state index in [4.69, 9.17) is 14.6 Å². The topological polar surface area (TPSA) is 34.1 Å². The van der Waals surface area contributed by atoms with Crippen LogP contribution in [-0.4, -0.2) is 17.3 Å². The van der Waals surface area contributed by atoms with Crippen molar-refractivity contribution in [1.29, 1.82) is 0 Å². The highest BCUT2D eigenvalue weighted by Gasteiger charge is 2.40. The fourth-order valence-electron chi connectivity index (χ4n) is 4.07. The first kappa shape index (κ1) is 17.8. The van der Waals surface area contributed by atoms with Crippen LogP contribution in [0.5, 0.6) is 11.5 Å². The first-order valence-electron chi connectivity index (χ1n) is 10.1. The number of hydrogen-bond acceptors (Lipinski definition) is 4. The molecular weight excluding hydrogens is 360 g/mol. The summed E-state index contributed by atoms with van der Waals surface area (Å²) >= 11 is 0. The van der Waals surface area contributed by atoms with E-state index in [1.807, 2.05) is 25.1 Å². The first-order valence-corrected chi connectivity index (χ1v) is 10.1. The molecule has 0 radical (unpaired) electrons. The van der Waals surface area contributed by atoms with Crippen LogP contribution in [0.3, 0.4) is 0 Å². The average Bonchev–Trinajstić information content (AvgIpc) is 3.20. The summed E-state index contributed by atoms with van der Waals surface area (Å²) in [6.45, 7) is 4.76. The van der Waals surface area contributed by atoms with E-state index >= 15 is 0 Å². The highest BCUT2D eigenvalue weighted by molar-refractivity contribution is 6.02. The van der Waals surface area contributed by atoms with Crippen LogP contribution in [0, 0.1) is 6.92 Å². The quantitative estimate of drug-likeness (QED) is 0.584. The Morgan fingerprint density at radius 1 is 1.00 bits per heavy atom. The summed E-state index contributed by atoms with van der Waals surface area (Å²) in [5, 5.41) is 7.14. The Morgan fingerprint density at radius 2 is 1.76 bits per heavy atom. The molecule has 0 aliphatic carbocycles. The van der Waals surface area contributed by atoms with E-state index in [9.17, 15) is 0 Å². The predicted molar refractivity (Wildman–Crippen MR) is 114 cm³/mol. The summed E-state index contributed by atoms with van der Waals surface area (Å²) in [4.78, 5) is 0. The van der Waals surface area contributed by atoms with E-state index in [0.29, 0.717) is 6.61 Å². The molecule has 2 atom stereocenters. The number of rotatable bonds is 4. The van der Waals surface area contributed by atoms with Gasteiger partial charge in [0, 0.05) is 17.5 Å². The lowest BCUT2D eigenvalue weighted by atomic mass is 9.96. The molecule has 0 saturated carbocycles. The molecule has 3 aromatic carbocycles. The van der Waals surface area contributed by atoms with E-state index in [0.717, 1.165) is 34.8 Å². The number of fused-ring (bicyclic) bond motifs is 3. The summed E-state index contributed by atoms with van der Waals surface area (Å²) in [5.41, 5.74) is 5.76. The smallest absolute Gasteiger partial charge is 0.213 e. The molecule has 0 aromatic heterocycles. The number of hydrogen-bond donors (Lipinski definition) is 0. The molecule has 4 nitrogen and oxygen atoms in total. The van der Waals surface area contributed by atoms with Crippen molar-refractivity contribution in [2.45, 2.75) is 32.5 Å². The molecule has 0 saturated heterocycles. The predicted octanol–water partition coefficient (Wildman–Crippen LogP) is 5.64. The van der Waals surface area contributed by atoms with Crippen LogP contribution >= 0.6 is 0 Å². The molecule has 0 unspecified atom stereocenters. The lowest BCUT2D eigenvalue weighted by Crippen LogP contribution is -2.33. The minimum absolute atomic E-state index is 0.174. The number of benzene rings is 3. The molecule has 0 bridgehead atoms. The summed E-state index contributed by atoms with van der Waals surface area (Å²) in [6.07, 6.45) is 0.632. The second-order valence-corrected chi connectivity index (χ2v) is 7.52. The summed E-state index contributed by atoms with van der Waals surface area (Å²) in [5.74, 6) is 1.83. The second-order valence-electron chi connectivity index (χ2n) is 7.52. The Labute approximate surface area is 171 Å². The Morgan fingerprint density at radius 3 is 2.52 bits per heavy atom. The molecule has 3 aromatic rings. The zero-order chi connectivity index (χ0) is 19.8. The van der Waals surface area contributed by atoms with Gasteiger partial charge in [-0.2, -0.15) is 5.10 Å². The van der Waals surface area contributed by atoms with Gasteiger partial charge < -0.3 is 9.47 Å². The van der Waals surface area contributed by atoms with Crippen LogP contribution in [0.1, 0.15) is 47.9 Å². The summed E-state index contributed by atoms with van der Waals surface area (Å²) in [7, 11) is 0. The average molecular weight is 384 g/mol. The Kier molecular flexibility index (Phi) is 4.47. The van der Waals surface area contributed by atoms with E-state index in [-0.39, 0.29) is 12.3 Å². The van der Waals surface area contributed by atoms with Crippen molar-refractivity contribution in [1.82, 2.24) is 5.01 Å². The molecule has 2 heterocycles. The lowest BCUT2D eigenvalue weighted by Gasteiger charge is -2.38. The maximum Gasteiger partial charge on any atom is 0.213 e. The van der Waals surface area contributed by atoms with Crippen LogP contribution in [0.2, 0.25) is 0 Å². The lowest BCUT2D eigenvalue weighted by molar-refractivity contribution is -0.0190. The van der Waals surface area contributed by atoms with E-state index in [1.54, 1.807) is 0 Å². The number of nitrogens with zero attached hydrogens (tertiary/aromatic N) is 2. The van der Waals surface area contributed by atoms with Gasteiger partial charge in [-0.05, 0) is 49.7 Å². The number of ether oxygens (including phenoxy) is 2. The van der Waals surface area contributed by atoms with E-state index in [2.05, 4.69) is 66.5 Å². The molecule has 0 spiro atoms. The standard InChI is InChI=1S/C25H24N2O2/c1-3-28-20-14-12-18(13-15-20)22-16-23-21-6-4-5-7-24(21)29-25(27(23)26-22)19-10-8-17(2)9-11-19/h4-15,23,25H,3,16H2,1-2H3/t23-,25+/m1/s1. The summed E-state index contributed by atoms with van der Waals surface area (Å²) < 4.78 is 12.0. The van der Waals surface area contributed by atoms with Gasteiger partial charge >= 0.3 is 0 Å². The van der Waals surface area contributed by atoms with Gasteiger partial charge in [-0.25, -0.2) is 5.01 Å². The largest absolute Gasteiger partial charge is 0.494 e. The van der Waals surface area contributed by atoms with Crippen molar-refractivity contribution in [3.05, 3.63) is 95.1 Å². The maximum atomic E-state index is 6.41. The monoisotopic (exact) mass is 384 g/mol. The molecular formula is C25H24N2O2. The minimum Gasteiger partial charge on any atom is -0.494 e. The van der Waals surface area contributed by atoms with Crippen molar-refractivity contribution >= 4 is 5.71 Å². The number of para-hydroxylation sites is 1. The van der Waals surface area contributed by atoms with Crippen LogP contribution in [-0.2, 0) is 0 Å². The Hall–Kier alpha value is -3.27. The van der Waals surface area contributed by atoms with Crippen molar-refractivity contribution in [2.75, 3.05) is 6.61 Å². The van der Waals surface area contributed by atoms with Crippen molar-refractivity contribution < 1.29 is 9.47 Å². The van der Waals surface area contributed by atoms with Gasteiger partial charge in [-0.1, -0.05) is 48.0 Å². The molecule has 0 fully saturated rings. The van der Waals surface area contributed by atoms with Crippen LogP contribution < -0.4 is 9.47 Å². The van der Waals surface area contributed by atoms with Crippen molar-refractivity contribution in [3.63, 3.8) is 0 Å². The highest BCUT2D eigenvalue weighted by atomic mass is 16.5. The molecule has 146 valence electrons. The fourth-order valence-corrected chi connectivity index (χ4v) is 4.07. The summed E-state index contributed by atoms with van der Waals surface area (Å²) in [6, 6.07) is 25.2. The van der Waals surface area contributed by atoms with Gasteiger partial charge in [0.2, 0.25) is 6.23 Å². The van der Waals surface area contributed by atoms with Crippen molar-refractivity contribution in [2.24, 2.45) is 5.10 Å². The van der Waals surface area contributed by atoms with Gasteiger partial charge in [0.1, 0.15) is 11.5 Å². The zero-order valence-electron chi connectivity index (χ0n) is 16.7. The third kappa shape index (κ3) is 3.25. The van der Waals surface area contributed by atoms with Gasteiger partial charge in [0.15, 0.2) is 0 Å². The van der Waals surface area contributed by atoms with Gasteiger partial charge in [0.05, 0.1) is 18.4 Å². The minimum atomic E-state index is -0.226. The molecule has 5 rings (SSSR count). The molecule has 0 amide bonds. The van der Waals surface area contributed by atoms with Crippen LogP contribution in [0.15, 0.2) is 77.9 Å². The molecule has 2 aliphatic heterocycles. The Balaban J connectivity index is 1.52. The maximum absolute atomic E-state index is 6.41. The van der Waals surface area contributed by atoms with Gasteiger partial charge in [-0.15, -0.1) is 0 Å².